The zero-order chi connectivity index (χ0) is 19.6. The van der Waals surface area contributed by atoms with Gasteiger partial charge in [-0.25, -0.2) is 0 Å². The first-order valence-corrected chi connectivity index (χ1v) is 11.0. The number of carbonyl (C=O) groups excluding carboxylic acids is 2. The minimum atomic E-state index is -0.234. The van der Waals surface area contributed by atoms with Gasteiger partial charge in [-0.15, -0.1) is 11.3 Å². The van der Waals surface area contributed by atoms with Crippen molar-refractivity contribution in [2.45, 2.75) is 58.3 Å². The van der Waals surface area contributed by atoms with E-state index in [0.29, 0.717) is 24.4 Å². The highest BCUT2D eigenvalue weighted by atomic mass is 32.1. The van der Waals surface area contributed by atoms with Crippen molar-refractivity contribution < 1.29 is 14.7 Å². The first-order valence-electron chi connectivity index (χ1n) is 10.1. The normalized spacial score (nSPS) is 14.6. The van der Waals surface area contributed by atoms with Crippen LogP contribution in [-0.4, -0.2) is 53.5 Å². The van der Waals surface area contributed by atoms with Crippen molar-refractivity contribution in [3.8, 4) is 0 Å². The number of unbranched alkanes of at least 4 members (excludes halogenated alkanes) is 7. The molecule has 27 heavy (non-hydrogen) atoms. The van der Waals surface area contributed by atoms with Gasteiger partial charge < -0.3 is 10.0 Å². The monoisotopic (exact) mass is 392 g/mol. The highest BCUT2D eigenvalue weighted by molar-refractivity contribution is 7.11. The van der Waals surface area contributed by atoms with Crippen LogP contribution in [0.4, 0.5) is 0 Å². The number of carbonyl (C=O) groups is 2. The van der Waals surface area contributed by atoms with E-state index in [-0.39, 0.29) is 18.4 Å². The van der Waals surface area contributed by atoms with Gasteiger partial charge in [0.1, 0.15) is 5.70 Å². The Labute approximate surface area is 166 Å². The van der Waals surface area contributed by atoms with Gasteiger partial charge in [0.15, 0.2) is 0 Å². The number of hydrogen-bond donors (Lipinski definition) is 1. The van der Waals surface area contributed by atoms with Gasteiger partial charge in [-0.05, 0) is 17.9 Å². The molecular formula is C21H32N2O3S. The SMILES string of the molecule is CCCCCCCCCCN1C(=O)C(c2cccs2)=C(N(C)CCO)C1=O. The number of imide groups is 1. The van der Waals surface area contributed by atoms with Gasteiger partial charge in [0, 0.05) is 25.0 Å². The average Bonchev–Trinajstić information content (AvgIpc) is 3.25. The molecule has 0 unspecified atom stereocenters. The average molecular weight is 393 g/mol. The summed E-state index contributed by atoms with van der Waals surface area (Å²) in [5, 5.41) is 11.1. The number of thiophene rings is 1. The molecule has 2 rings (SSSR count). The molecule has 5 nitrogen and oxygen atoms in total. The second-order valence-corrected chi connectivity index (χ2v) is 8.03. The predicted molar refractivity (Wildman–Crippen MR) is 110 cm³/mol. The summed E-state index contributed by atoms with van der Waals surface area (Å²) in [6, 6.07) is 3.76. The topological polar surface area (TPSA) is 60.9 Å². The summed E-state index contributed by atoms with van der Waals surface area (Å²) < 4.78 is 0. The van der Waals surface area contributed by atoms with Crippen LogP contribution in [0.25, 0.3) is 5.57 Å². The molecule has 2 heterocycles. The Hall–Kier alpha value is -1.66. The first kappa shape index (κ1) is 21.6. The standard InChI is InChI=1S/C21H32N2O3S/c1-3-4-5-6-7-8-9-10-13-23-20(25)18(17-12-11-16-27-17)19(21(23)26)22(2)14-15-24/h11-12,16,24H,3-10,13-15H2,1-2H3. The van der Waals surface area contributed by atoms with Gasteiger partial charge in [-0.1, -0.05) is 57.9 Å². The number of hydrogen-bond acceptors (Lipinski definition) is 5. The lowest BCUT2D eigenvalue weighted by Crippen LogP contribution is -2.35. The van der Waals surface area contributed by atoms with Gasteiger partial charge in [0.05, 0.1) is 12.2 Å². The Morgan fingerprint density at radius 1 is 1.04 bits per heavy atom. The van der Waals surface area contributed by atoms with Crippen LogP contribution in [0.1, 0.15) is 63.2 Å². The minimum Gasteiger partial charge on any atom is -0.395 e. The van der Waals surface area contributed by atoms with Gasteiger partial charge in [0.2, 0.25) is 0 Å². The second-order valence-electron chi connectivity index (χ2n) is 7.08. The molecule has 0 fully saturated rings. The Morgan fingerprint density at radius 3 is 2.30 bits per heavy atom. The van der Waals surface area contributed by atoms with Crippen molar-refractivity contribution in [1.29, 1.82) is 0 Å². The maximum Gasteiger partial charge on any atom is 0.277 e. The van der Waals surface area contributed by atoms with Crippen molar-refractivity contribution in [2.75, 3.05) is 26.7 Å². The molecule has 0 aliphatic carbocycles. The fourth-order valence-corrected chi connectivity index (χ4v) is 4.19. The van der Waals surface area contributed by atoms with E-state index in [4.69, 9.17) is 0 Å². The van der Waals surface area contributed by atoms with E-state index >= 15 is 0 Å². The predicted octanol–water partition coefficient (Wildman–Crippen LogP) is 3.89. The molecule has 150 valence electrons. The number of aliphatic hydroxyl groups excluding tert-OH is 1. The quantitative estimate of drug-likeness (QED) is 0.409. The van der Waals surface area contributed by atoms with Crippen LogP contribution in [0.15, 0.2) is 23.2 Å². The van der Waals surface area contributed by atoms with Crippen molar-refractivity contribution in [3.05, 3.63) is 28.1 Å². The lowest BCUT2D eigenvalue weighted by Gasteiger charge is -2.20. The lowest BCUT2D eigenvalue weighted by atomic mass is 10.1. The summed E-state index contributed by atoms with van der Waals surface area (Å²) >= 11 is 1.46. The summed E-state index contributed by atoms with van der Waals surface area (Å²) in [7, 11) is 1.75. The second kappa shape index (κ2) is 11.2. The van der Waals surface area contributed by atoms with E-state index in [1.165, 1.54) is 48.3 Å². The third-order valence-corrected chi connectivity index (χ3v) is 5.85. The van der Waals surface area contributed by atoms with E-state index in [1.54, 1.807) is 11.9 Å². The van der Waals surface area contributed by atoms with Crippen LogP contribution in [0.5, 0.6) is 0 Å². The number of amides is 2. The summed E-state index contributed by atoms with van der Waals surface area (Å²) in [5.41, 5.74) is 0.890. The Morgan fingerprint density at radius 2 is 1.70 bits per heavy atom. The molecule has 1 aliphatic rings. The summed E-state index contributed by atoms with van der Waals surface area (Å²) in [6.07, 6.45) is 9.40. The van der Waals surface area contributed by atoms with E-state index in [1.807, 2.05) is 17.5 Å². The van der Waals surface area contributed by atoms with E-state index in [0.717, 1.165) is 24.1 Å². The van der Waals surface area contributed by atoms with Crippen LogP contribution in [-0.2, 0) is 9.59 Å². The third-order valence-electron chi connectivity index (χ3n) is 4.96. The molecule has 6 heteroatoms. The fourth-order valence-electron chi connectivity index (χ4n) is 3.43. The van der Waals surface area contributed by atoms with Crippen molar-refractivity contribution in [2.24, 2.45) is 0 Å². The van der Waals surface area contributed by atoms with E-state index < -0.39 is 0 Å². The minimum absolute atomic E-state index is 0.0583. The maximum absolute atomic E-state index is 12.9. The number of rotatable bonds is 13. The molecule has 0 saturated carbocycles. The zero-order valence-corrected chi connectivity index (χ0v) is 17.4. The molecule has 0 radical (unpaired) electrons. The first-order chi connectivity index (χ1) is 13.1. The van der Waals surface area contributed by atoms with Crippen molar-refractivity contribution >= 4 is 28.7 Å². The van der Waals surface area contributed by atoms with Crippen LogP contribution in [0.2, 0.25) is 0 Å². The molecule has 0 saturated heterocycles. The summed E-state index contributed by atoms with van der Waals surface area (Å²) in [6.45, 7) is 2.96. The molecule has 0 bridgehead atoms. The third kappa shape index (κ3) is 5.66. The van der Waals surface area contributed by atoms with Gasteiger partial charge in [-0.3, -0.25) is 14.5 Å². The Balaban J connectivity index is 1.94. The summed E-state index contributed by atoms with van der Waals surface area (Å²) in [4.78, 5) is 29.7. The number of aliphatic hydroxyl groups is 1. The highest BCUT2D eigenvalue weighted by Crippen LogP contribution is 2.33. The van der Waals surface area contributed by atoms with Gasteiger partial charge in [-0.2, -0.15) is 0 Å². The van der Waals surface area contributed by atoms with Crippen molar-refractivity contribution in [3.63, 3.8) is 0 Å². The van der Waals surface area contributed by atoms with Crippen LogP contribution in [0.3, 0.4) is 0 Å². The highest BCUT2D eigenvalue weighted by Gasteiger charge is 2.40. The van der Waals surface area contributed by atoms with Crippen LogP contribution < -0.4 is 0 Å². The molecule has 1 aromatic rings. The molecule has 1 N–H and O–H groups in total. The molecule has 1 aliphatic heterocycles. The largest absolute Gasteiger partial charge is 0.395 e. The van der Waals surface area contributed by atoms with Crippen LogP contribution in [0, 0.1) is 0 Å². The maximum atomic E-state index is 12.9. The van der Waals surface area contributed by atoms with E-state index in [2.05, 4.69) is 6.92 Å². The lowest BCUT2D eigenvalue weighted by molar-refractivity contribution is -0.137. The molecule has 0 spiro atoms. The van der Waals surface area contributed by atoms with Gasteiger partial charge >= 0.3 is 0 Å². The number of nitrogens with zero attached hydrogens (tertiary/aromatic N) is 2. The Kier molecular flexibility index (Phi) is 9.01. The fraction of sp³-hybridized carbons (Fsp3) is 0.619. The molecule has 0 aromatic carbocycles. The van der Waals surface area contributed by atoms with Crippen molar-refractivity contribution in [1.82, 2.24) is 9.80 Å². The Bertz CT molecular complexity index is 640. The molecule has 1 aromatic heterocycles. The molecule has 2 amide bonds. The van der Waals surface area contributed by atoms with Crippen LogP contribution >= 0.6 is 11.3 Å². The number of likely N-dealkylation sites (N-methyl/N-ethyl adjacent to an activating group) is 1. The molecular weight excluding hydrogens is 360 g/mol. The van der Waals surface area contributed by atoms with Gasteiger partial charge in [0.25, 0.3) is 11.8 Å². The molecule has 0 atom stereocenters. The smallest absolute Gasteiger partial charge is 0.277 e. The zero-order valence-electron chi connectivity index (χ0n) is 16.6. The van der Waals surface area contributed by atoms with E-state index in [9.17, 15) is 14.7 Å². The summed E-state index contributed by atoms with van der Waals surface area (Å²) in [5.74, 6) is -0.438.